The molecular weight excluding hydrogens is 344 g/mol. The first-order chi connectivity index (χ1) is 13.7. The van der Waals surface area contributed by atoms with E-state index in [9.17, 15) is 4.79 Å². The number of unbranched alkanes of at least 4 members (excludes halogenated alkanes) is 13. The molecular formula is C25H44N2O. The number of nitrogens with one attached hydrogen (secondary N) is 2. The molecule has 0 bridgehead atoms. The summed E-state index contributed by atoms with van der Waals surface area (Å²) >= 11 is 0. The van der Waals surface area contributed by atoms with Crippen molar-refractivity contribution in [2.45, 2.75) is 104 Å². The van der Waals surface area contributed by atoms with Crippen LogP contribution >= 0.6 is 0 Å². The molecule has 160 valence electrons. The molecule has 3 heteroatoms. The van der Waals surface area contributed by atoms with Gasteiger partial charge in [-0.2, -0.15) is 0 Å². The van der Waals surface area contributed by atoms with Crippen LogP contribution in [0, 0.1) is 6.92 Å². The molecule has 1 rings (SSSR count). The van der Waals surface area contributed by atoms with E-state index in [-0.39, 0.29) is 5.91 Å². The average Bonchev–Trinajstić information content (AvgIpc) is 2.67. The Bertz CT molecular complexity index is 501. The van der Waals surface area contributed by atoms with Gasteiger partial charge in [0.05, 0.1) is 6.54 Å². The molecule has 0 saturated heterocycles. The predicted octanol–water partition coefficient (Wildman–Crippen LogP) is 7.00. The number of hydrogen-bond acceptors (Lipinski definition) is 2. The van der Waals surface area contributed by atoms with E-state index in [4.69, 9.17) is 0 Å². The summed E-state index contributed by atoms with van der Waals surface area (Å²) in [6.07, 6.45) is 19.3. The highest BCUT2D eigenvalue weighted by Crippen LogP contribution is 2.13. The summed E-state index contributed by atoms with van der Waals surface area (Å²) in [4.78, 5) is 11.9. The summed E-state index contributed by atoms with van der Waals surface area (Å²) in [5.74, 6) is 0.0379. The molecule has 0 spiro atoms. The Labute approximate surface area is 174 Å². The van der Waals surface area contributed by atoms with Crippen molar-refractivity contribution in [2.75, 3.05) is 18.4 Å². The van der Waals surface area contributed by atoms with E-state index in [2.05, 4.69) is 17.6 Å². The molecule has 3 nitrogen and oxygen atoms in total. The predicted molar refractivity (Wildman–Crippen MR) is 123 cm³/mol. The maximum atomic E-state index is 11.9. The van der Waals surface area contributed by atoms with Crippen molar-refractivity contribution in [1.82, 2.24) is 5.32 Å². The summed E-state index contributed by atoms with van der Waals surface area (Å²) in [7, 11) is 0. The van der Waals surface area contributed by atoms with Gasteiger partial charge >= 0.3 is 0 Å². The lowest BCUT2D eigenvalue weighted by molar-refractivity contribution is -0.115. The van der Waals surface area contributed by atoms with Crippen LogP contribution in [0.3, 0.4) is 0 Å². The van der Waals surface area contributed by atoms with Crippen LogP contribution in [-0.4, -0.2) is 19.0 Å². The van der Waals surface area contributed by atoms with E-state index in [0.717, 1.165) is 24.2 Å². The van der Waals surface area contributed by atoms with Gasteiger partial charge in [0.25, 0.3) is 0 Å². The number of rotatable bonds is 18. The fourth-order valence-corrected chi connectivity index (χ4v) is 3.57. The first kappa shape index (κ1) is 24.7. The summed E-state index contributed by atoms with van der Waals surface area (Å²) in [5.41, 5.74) is 2.04. The number of carbonyl (C=O) groups excluding carboxylic acids is 1. The lowest BCUT2D eigenvalue weighted by Crippen LogP contribution is -2.28. The topological polar surface area (TPSA) is 41.1 Å². The summed E-state index contributed by atoms with van der Waals surface area (Å²) < 4.78 is 0. The molecule has 1 aromatic rings. The maximum Gasteiger partial charge on any atom is 0.238 e. The Morgan fingerprint density at radius 2 is 1.32 bits per heavy atom. The van der Waals surface area contributed by atoms with E-state index < -0.39 is 0 Å². The standard InChI is InChI=1S/C25H44N2O/c1-3-4-5-6-7-8-9-10-11-12-13-14-15-16-20-26-22-25(28)27-24-19-17-18-23(2)21-24/h17-19,21,26H,3-16,20,22H2,1-2H3,(H,27,28). The zero-order valence-electron chi connectivity index (χ0n) is 18.5. The molecule has 0 aromatic heterocycles. The van der Waals surface area contributed by atoms with Crippen molar-refractivity contribution in [3.63, 3.8) is 0 Å². The molecule has 0 aliphatic rings. The number of carbonyl (C=O) groups is 1. The Morgan fingerprint density at radius 3 is 1.86 bits per heavy atom. The third-order valence-electron chi connectivity index (χ3n) is 5.29. The molecule has 0 saturated carbocycles. The fraction of sp³-hybridized carbons (Fsp3) is 0.720. The SMILES string of the molecule is CCCCCCCCCCCCCCCCNCC(=O)Nc1cccc(C)c1. The Hall–Kier alpha value is -1.35. The Morgan fingerprint density at radius 1 is 0.786 bits per heavy atom. The second-order valence-electron chi connectivity index (χ2n) is 8.19. The van der Waals surface area contributed by atoms with Gasteiger partial charge in [0.2, 0.25) is 5.91 Å². The van der Waals surface area contributed by atoms with Gasteiger partial charge in [-0.15, -0.1) is 0 Å². The normalized spacial score (nSPS) is 10.9. The van der Waals surface area contributed by atoms with Crippen LogP contribution < -0.4 is 10.6 Å². The third kappa shape index (κ3) is 14.7. The van der Waals surface area contributed by atoms with Crippen LogP contribution in [-0.2, 0) is 4.79 Å². The van der Waals surface area contributed by atoms with Crippen molar-refractivity contribution < 1.29 is 4.79 Å². The molecule has 0 aliphatic carbocycles. The van der Waals surface area contributed by atoms with Crippen molar-refractivity contribution in [3.05, 3.63) is 29.8 Å². The monoisotopic (exact) mass is 388 g/mol. The molecule has 0 heterocycles. The van der Waals surface area contributed by atoms with Crippen LogP contribution in [0.2, 0.25) is 0 Å². The van der Waals surface area contributed by atoms with Crippen LogP contribution in [0.1, 0.15) is 102 Å². The first-order valence-corrected chi connectivity index (χ1v) is 11.8. The zero-order chi connectivity index (χ0) is 20.3. The number of amides is 1. The smallest absolute Gasteiger partial charge is 0.238 e. The quantitative estimate of drug-likeness (QED) is 0.266. The van der Waals surface area contributed by atoms with Gasteiger partial charge in [-0.25, -0.2) is 0 Å². The molecule has 0 aliphatic heterocycles. The second kappa shape index (κ2) is 17.7. The highest BCUT2D eigenvalue weighted by Gasteiger charge is 2.01. The highest BCUT2D eigenvalue weighted by atomic mass is 16.1. The Balaban J connectivity index is 1.80. The molecule has 28 heavy (non-hydrogen) atoms. The van der Waals surface area contributed by atoms with E-state index in [0.29, 0.717) is 6.54 Å². The molecule has 1 aromatic carbocycles. The molecule has 1 amide bonds. The number of hydrogen-bond donors (Lipinski definition) is 2. The van der Waals surface area contributed by atoms with E-state index in [1.165, 1.54) is 83.5 Å². The van der Waals surface area contributed by atoms with Gasteiger partial charge < -0.3 is 10.6 Å². The van der Waals surface area contributed by atoms with E-state index in [1.807, 2.05) is 31.2 Å². The van der Waals surface area contributed by atoms with Crippen molar-refractivity contribution in [1.29, 1.82) is 0 Å². The van der Waals surface area contributed by atoms with Gasteiger partial charge in [-0.05, 0) is 37.6 Å². The van der Waals surface area contributed by atoms with Crippen LogP contribution in [0.4, 0.5) is 5.69 Å². The Kier molecular flexibility index (Phi) is 15.6. The summed E-state index contributed by atoms with van der Waals surface area (Å²) in [6, 6.07) is 7.92. The minimum atomic E-state index is 0.0379. The maximum absolute atomic E-state index is 11.9. The summed E-state index contributed by atoms with van der Waals surface area (Å²) in [5, 5.41) is 6.18. The van der Waals surface area contributed by atoms with Gasteiger partial charge in [0.1, 0.15) is 0 Å². The molecule has 2 N–H and O–H groups in total. The van der Waals surface area contributed by atoms with Crippen molar-refractivity contribution >= 4 is 11.6 Å². The van der Waals surface area contributed by atoms with Gasteiger partial charge in [-0.3, -0.25) is 4.79 Å². The first-order valence-electron chi connectivity index (χ1n) is 11.8. The van der Waals surface area contributed by atoms with Crippen molar-refractivity contribution in [3.8, 4) is 0 Å². The number of aryl methyl sites for hydroxylation is 1. The van der Waals surface area contributed by atoms with Crippen molar-refractivity contribution in [2.24, 2.45) is 0 Å². The van der Waals surface area contributed by atoms with Crippen LogP contribution in [0.5, 0.6) is 0 Å². The minimum absolute atomic E-state index is 0.0379. The average molecular weight is 389 g/mol. The summed E-state index contributed by atoms with van der Waals surface area (Å²) in [6.45, 7) is 5.64. The van der Waals surface area contributed by atoms with Gasteiger partial charge in [0, 0.05) is 5.69 Å². The zero-order valence-corrected chi connectivity index (χ0v) is 18.5. The molecule has 0 radical (unpaired) electrons. The molecule has 0 atom stereocenters. The van der Waals surface area contributed by atoms with Crippen LogP contribution in [0.25, 0.3) is 0 Å². The van der Waals surface area contributed by atoms with Gasteiger partial charge in [-0.1, -0.05) is 103 Å². The van der Waals surface area contributed by atoms with E-state index in [1.54, 1.807) is 0 Å². The largest absolute Gasteiger partial charge is 0.325 e. The fourth-order valence-electron chi connectivity index (χ4n) is 3.57. The number of benzene rings is 1. The molecule has 0 fully saturated rings. The lowest BCUT2D eigenvalue weighted by Gasteiger charge is -2.07. The highest BCUT2D eigenvalue weighted by molar-refractivity contribution is 5.92. The number of anilines is 1. The lowest BCUT2D eigenvalue weighted by atomic mass is 10.0. The second-order valence-corrected chi connectivity index (χ2v) is 8.19. The van der Waals surface area contributed by atoms with Crippen LogP contribution in [0.15, 0.2) is 24.3 Å². The third-order valence-corrected chi connectivity index (χ3v) is 5.29. The molecule has 0 unspecified atom stereocenters. The van der Waals surface area contributed by atoms with E-state index >= 15 is 0 Å². The van der Waals surface area contributed by atoms with Gasteiger partial charge in [0.15, 0.2) is 0 Å². The minimum Gasteiger partial charge on any atom is -0.325 e.